The monoisotopic (exact) mass is 294 g/mol. The Balaban J connectivity index is 2.74. The fourth-order valence-electron chi connectivity index (χ4n) is 1.93. The lowest BCUT2D eigenvalue weighted by Crippen LogP contribution is -2.36. The predicted octanol–water partition coefficient (Wildman–Crippen LogP) is 2.33. The fraction of sp³-hybridized carbons (Fsp3) is 0.562. The lowest BCUT2D eigenvalue weighted by Gasteiger charge is -2.17. The van der Waals surface area contributed by atoms with Gasteiger partial charge in [0, 0.05) is 7.11 Å². The minimum absolute atomic E-state index is 0.191. The van der Waals surface area contributed by atoms with Gasteiger partial charge in [0.25, 0.3) is 0 Å². The summed E-state index contributed by atoms with van der Waals surface area (Å²) in [6.07, 6.45) is 0.650. The van der Waals surface area contributed by atoms with Gasteiger partial charge in [-0.2, -0.15) is 0 Å². The van der Waals surface area contributed by atoms with Gasteiger partial charge in [0.15, 0.2) is 0 Å². The first kappa shape index (κ1) is 17.5. The molecule has 1 amide bonds. The number of anilines is 1. The number of amides is 1. The van der Waals surface area contributed by atoms with Crippen molar-refractivity contribution in [1.29, 1.82) is 0 Å². The normalized spacial score (nSPS) is 12.3. The first-order valence-electron chi connectivity index (χ1n) is 7.23. The molecule has 1 aromatic carbocycles. The van der Waals surface area contributed by atoms with Gasteiger partial charge in [-0.3, -0.25) is 4.79 Å². The number of ether oxygens (including phenoxy) is 2. The number of nitrogens with two attached hydrogens (primary N) is 1. The minimum atomic E-state index is -0.516. The Morgan fingerprint density at radius 2 is 2.05 bits per heavy atom. The Hall–Kier alpha value is -1.59. The average molecular weight is 294 g/mol. The summed E-state index contributed by atoms with van der Waals surface area (Å²) in [4.78, 5) is 12.1. The van der Waals surface area contributed by atoms with Crippen molar-refractivity contribution in [2.75, 3.05) is 25.6 Å². The van der Waals surface area contributed by atoms with Crippen molar-refractivity contribution in [2.45, 2.75) is 33.2 Å². The van der Waals surface area contributed by atoms with Crippen LogP contribution in [-0.4, -0.2) is 32.3 Å². The number of rotatable bonds is 8. The van der Waals surface area contributed by atoms with Gasteiger partial charge < -0.3 is 20.5 Å². The second kappa shape index (κ2) is 8.64. The number of hydrogen-bond acceptors (Lipinski definition) is 4. The van der Waals surface area contributed by atoms with Crippen LogP contribution in [0.15, 0.2) is 18.2 Å². The lowest BCUT2D eigenvalue weighted by atomic mass is 10.0. The van der Waals surface area contributed by atoms with Gasteiger partial charge in [0.05, 0.1) is 18.3 Å². The first-order chi connectivity index (χ1) is 9.93. The number of nitrogens with one attached hydrogen (secondary N) is 1. The predicted molar refractivity (Wildman–Crippen MR) is 84.6 cm³/mol. The highest BCUT2D eigenvalue weighted by molar-refractivity contribution is 5.96. The third kappa shape index (κ3) is 6.14. The summed E-state index contributed by atoms with van der Waals surface area (Å²) in [6.45, 7) is 6.98. The molecule has 21 heavy (non-hydrogen) atoms. The molecule has 0 saturated carbocycles. The fourth-order valence-corrected chi connectivity index (χ4v) is 1.93. The van der Waals surface area contributed by atoms with E-state index in [9.17, 15) is 4.79 Å². The highest BCUT2D eigenvalue weighted by Crippen LogP contribution is 2.26. The zero-order valence-electron chi connectivity index (χ0n) is 13.3. The highest BCUT2D eigenvalue weighted by Gasteiger charge is 2.16. The molecule has 118 valence electrons. The van der Waals surface area contributed by atoms with Crippen LogP contribution in [0.4, 0.5) is 5.69 Å². The number of hydrogen-bond donors (Lipinski definition) is 2. The van der Waals surface area contributed by atoms with E-state index in [2.05, 4.69) is 5.32 Å². The van der Waals surface area contributed by atoms with Crippen LogP contribution in [0.25, 0.3) is 0 Å². The molecule has 3 N–H and O–H groups in total. The maximum absolute atomic E-state index is 12.1. The Morgan fingerprint density at radius 1 is 1.33 bits per heavy atom. The smallest absolute Gasteiger partial charge is 0.241 e. The molecule has 0 aromatic heterocycles. The molecule has 1 aromatic rings. The summed E-state index contributed by atoms with van der Waals surface area (Å²) in [5.74, 6) is 0.822. The summed E-state index contributed by atoms with van der Waals surface area (Å²) < 4.78 is 10.6. The molecule has 0 aliphatic heterocycles. The van der Waals surface area contributed by atoms with E-state index < -0.39 is 6.04 Å². The molecule has 0 heterocycles. The zero-order valence-corrected chi connectivity index (χ0v) is 13.3. The van der Waals surface area contributed by atoms with Gasteiger partial charge in [-0.25, -0.2) is 0 Å². The largest absolute Gasteiger partial charge is 0.489 e. The molecule has 5 nitrogen and oxygen atoms in total. The van der Waals surface area contributed by atoms with E-state index in [-0.39, 0.29) is 5.91 Å². The number of methoxy groups -OCH3 is 1. The molecule has 0 aliphatic rings. The second-order valence-electron chi connectivity index (χ2n) is 5.57. The Morgan fingerprint density at radius 3 is 2.67 bits per heavy atom. The summed E-state index contributed by atoms with van der Waals surface area (Å²) in [5, 5.41) is 2.84. The Bertz CT molecular complexity index is 461. The maximum Gasteiger partial charge on any atom is 0.241 e. The van der Waals surface area contributed by atoms with E-state index in [1.807, 2.05) is 39.0 Å². The van der Waals surface area contributed by atoms with Crippen molar-refractivity contribution in [3.63, 3.8) is 0 Å². The molecule has 0 aliphatic carbocycles. The van der Waals surface area contributed by atoms with E-state index in [1.165, 1.54) is 0 Å². The summed E-state index contributed by atoms with van der Waals surface area (Å²) >= 11 is 0. The number of carbonyl (C=O) groups is 1. The molecule has 0 saturated heterocycles. The van der Waals surface area contributed by atoms with Crippen molar-refractivity contribution in [3.05, 3.63) is 23.8 Å². The zero-order chi connectivity index (χ0) is 15.8. The third-order valence-corrected chi connectivity index (χ3v) is 3.00. The third-order valence-electron chi connectivity index (χ3n) is 3.00. The van der Waals surface area contributed by atoms with Crippen molar-refractivity contribution < 1.29 is 14.3 Å². The molecule has 1 unspecified atom stereocenters. The summed E-state index contributed by atoms with van der Waals surface area (Å²) in [5.41, 5.74) is 7.60. The average Bonchev–Trinajstić information content (AvgIpc) is 2.41. The van der Waals surface area contributed by atoms with Crippen LogP contribution in [0.5, 0.6) is 5.75 Å². The summed E-state index contributed by atoms with van der Waals surface area (Å²) in [6, 6.07) is 5.13. The number of benzene rings is 1. The Kier molecular flexibility index (Phi) is 7.19. The van der Waals surface area contributed by atoms with Crippen LogP contribution in [0, 0.1) is 12.8 Å². The van der Waals surface area contributed by atoms with E-state index in [0.717, 1.165) is 5.56 Å². The molecular formula is C16H26N2O3. The van der Waals surface area contributed by atoms with Gasteiger partial charge >= 0.3 is 0 Å². The molecular weight excluding hydrogens is 268 g/mol. The van der Waals surface area contributed by atoms with Crippen LogP contribution in [0.1, 0.15) is 25.8 Å². The van der Waals surface area contributed by atoms with Crippen molar-refractivity contribution in [2.24, 2.45) is 11.7 Å². The number of aryl methyl sites for hydroxylation is 1. The van der Waals surface area contributed by atoms with Gasteiger partial charge in [0.2, 0.25) is 5.91 Å². The quantitative estimate of drug-likeness (QED) is 0.722. The van der Waals surface area contributed by atoms with Gasteiger partial charge in [-0.15, -0.1) is 0 Å². The van der Waals surface area contributed by atoms with Gasteiger partial charge in [-0.1, -0.05) is 19.9 Å². The molecule has 1 atom stereocenters. The van der Waals surface area contributed by atoms with Crippen LogP contribution in [-0.2, 0) is 9.53 Å². The molecule has 5 heteroatoms. The summed E-state index contributed by atoms with van der Waals surface area (Å²) in [7, 11) is 1.62. The first-order valence-corrected chi connectivity index (χ1v) is 7.23. The number of carbonyl (C=O) groups excluding carboxylic acids is 1. The minimum Gasteiger partial charge on any atom is -0.489 e. The lowest BCUT2D eigenvalue weighted by molar-refractivity contribution is -0.117. The van der Waals surface area contributed by atoms with Crippen molar-refractivity contribution in [1.82, 2.24) is 0 Å². The van der Waals surface area contributed by atoms with Crippen LogP contribution in [0.3, 0.4) is 0 Å². The molecule has 0 spiro atoms. The standard InChI is InChI=1S/C16H26N2O3/c1-11(2)9-13(17)16(19)18-14-6-5-12(3)10-15(14)21-8-7-20-4/h5-6,10-11,13H,7-9,17H2,1-4H3,(H,18,19). The van der Waals surface area contributed by atoms with Crippen molar-refractivity contribution in [3.8, 4) is 5.75 Å². The van der Waals surface area contributed by atoms with E-state index in [1.54, 1.807) is 7.11 Å². The molecule has 0 radical (unpaired) electrons. The van der Waals surface area contributed by atoms with Crippen LogP contribution in [0.2, 0.25) is 0 Å². The van der Waals surface area contributed by atoms with Gasteiger partial charge in [-0.05, 0) is 37.0 Å². The molecule has 0 fully saturated rings. The van der Waals surface area contributed by atoms with E-state index in [0.29, 0.717) is 37.0 Å². The maximum atomic E-state index is 12.1. The highest BCUT2D eigenvalue weighted by atomic mass is 16.5. The Labute approximate surface area is 126 Å². The van der Waals surface area contributed by atoms with E-state index in [4.69, 9.17) is 15.2 Å². The SMILES string of the molecule is COCCOc1cc(C)ccc1NC(=O)C(N)CC(C)C. The van der Waals surface area contributed by atoms with Crippen LogP contribution < -0.4 is 15.8 Å². The van der Waals surface area contributed by atoms with Crippen molar-refractivity contribution >= 4 is 11.6 Å². The topological polar surface area (TPSA) is 73.6 Å². The van der Waals surface area contributed by atoms with E-state index >= 15 is 0 Å². The van der Waals surface area contributed by atoms with Crippen LogP contribution >= 0.6 is 0 Å². The molecule has 0 bridgehead atoms. The molecule has 1 rings (SSSR count). The second-order valence-corrected chi connectivity index (χ2v) is 5.57. The van der Waals surface area contributed by atoms with Gasteiger partial charge in [0.1, 0.15) is 12.4 Å².